The number of ether oxygens (including phenoxy) is 2. The first-order valence-electron chi connectivity index (χ1n) is 15.4. The van der Waals surface area contributed by atoms with Crippen LogP contribution in [-0.2, 0) is 22.6 Å². The molecule has 0 saturated carbocycles. The Kier molecular flexibility index (Phi) is 10.5. The molecule has 5 heterocycles. The first-order chi connectivity index (χ1) is 22.8. The molecule has 3 N–H and O–H groups in total. The van der Waals surface area contributed by atoms with Crippen LogP contribution in [-0.4, -0.2) is 72.3 Å². The van der Waals surface area contributed by atoms with Crippen LogP contribution in [0.1, 0.15) is 24.0 Å². The summed E-state index contributed by atoms with van der Waals surface area (Å²) in [5, 5.41) is 10.1. The third kappa shape index (κ3) is 7.50. The van der Waals surface area contributed by atoms with Crippen molar-refractivity contribution < 1.29 is 18.7 Å². The number of carbonyl (C=O) groups is 1. The summed E-state index contributed by atoms with van der Waals surface area (Å²) < 4.78 is 26.4. The van der Waals surface area contributed by atoms with Crippen LogP contribution >= 0.6 is 23.2 Å². The number of nitrogens with zero attached hydrogens (tertiary/aromatic N) is 4. The lowest BCUT2D eigenvalue weighted by Gasteiger charge is -2.38. The summed E-state index contributed by atoms with van der Waals surface area (Å²) in [7, 11) is 3.26. The SMILES string of the molecule is COCC1CN(Cc2ccnc(Nc3cccc(-c4nccc(-c5ccc(CNCC6CCC(=O)N6)c(OC)n5)c4Cl)c3Cl)c2F)C1. The third-order valence-electron chi connectivity index (χ3n) is 8.39. The lowest BCUT2D eigenvalue weighted by atomic mass is 10.0. The van der Waals surface area contributed by atoms with Gasteiger partial charge in [-0.25, -0.2) is 14.4 Å². The predicted octanol–water partition coefficient (Wildman–Crippen LogP) is 5.85. The van der Waals surface area contributed by atoms with Gasteiger partial charge in [0.2, 0.25) is 11.8 Å². The number of pyridine rings is 3. The predicted molar refractivity (Wildman–Crippen MR) is 180 cm³/mol. The third-order valence-corrected chi connectivity index (χ3v) is 9.18. The van der Waals surface area contributed by atoms with Gasteiger partial charge in [-0.05, 0) is 30.7 Å². The molecule has 0 bridgehead atoms. The minimum absolute atomic E-state index is 0.0854. The monoisotopic (exact) mass is 679 g/mol. The summed E-state index contributed by atoms with van der Waals surface area (Å²) in [4.78, 5) is 27.2. The van der Waals surface area contributed by atoms with Gasteiger partial charge < -0.3 is 25.4 Å². The van der Waals surface area contributed by atoms with Gasteiger partial charge in [0.15, 0.2) is 11.6 Å². The molecule has 1 unspecified atom stereocenters. The van der Waals surface area contributed by atoms with Gasteiger partial charge in [-0.1, -0.05) is 41.4 Å². The maximum absolute atomic E-state index is 15.5. The van der Waals surface area contributed by atoms with Gasteiger partial charge >= 0.3 is 0 Å². The van der Waals surface area contributed by atoms with E-state index in [-0.39, 0.29) is 17.8 Å². The number of benzene rings is 1. The summed E-state index contributed by atoms with van der Waals surface area (Å²) in [6.07, 6.45) is 4.61. The van der Waals surface area contributed by atoms with Gasteiger partial charge in [-0.15, -0.1) is 0 Å². The maximum Gasteiger partial charge on any atom is 0.220 e. The average Bonchev–Trinajstić information content (AvgIpc) is 3.47. The first kappa shape index (κ1) is 33.0. The highest BCUT2D eigenvalue weighted by molar-refractivity contribution is 6.39. The van der Waals surface area contributed by atoms with Crippen molar-refractivity contribution in [3.8, 4) is 28.4 Å². The minimum atomic E-state index is -0.425. The van der Waals surface area contributed by atoms with Crippen molar-refractivity contribution in [2.45, 2.75) is 32.0 Å². The lowest BCUT2D eigenvalue weighted by Crippen LogP contribution is -2.47. The second kappa shape index (κ2) is 14.9. The number of likely N-dealkylation sites (tertiary alicyclic amines) is 1. The fourth-order valence-electron chi connectivity index (χ4n) is 5.99. The fourth-order valence-corrected chi connectivity index (χ4v) is 6.56. The Balaban J connectivity index is 1.19. The molecule has 2 aliphatic heterocycles. The zero-order valence-electron chi connectivity index (χ0n) is 26.2. The Labute approximate surface area is 283 Å². The second-order valence-corrected chi connectivity index (χ2v) is 12.5. The van der Waals surface area contributed by atoms with Crippen LogP contribution in [0, 0.1) is 11.7 Å². The number of aromatic nitrogens is 3. The molecule has 1 atom stereocenters. The Morgan fingerprint density at radius 2 is 1.85 bits per heavy atom. The molecule has 0 radical (unpaired) electrons. The smallest absolute Gasteiger partial charge is 0.220 e. The number of hydrogen-bond donors (Lipinski definition) is 3. The summed E-state index contributed by atoms with van der Waals surface area (Å²) in [5.41, 5.74) is 4.16. The minimum Gasteiger partial charge on any atom is -0.481 e. The van der Waals surface area contributed by atoms with Gasteiger partial charge in [-0.2, -0.15) is 0 Å². The van der Waals surface area contributed by atoms with E-state index in [0.29, 0.717) is 88.3 Å². The van der Waals surface area contributed by atoms with Crippen LogP contribution in [0.3, 0.4) is 0 Å². The number of amides is 1. The van der Waals surface area contributed by atoms with E-state index < -0.39 is 5.82 Å². The highest BCUT2D eigenvalue weighted by Crippen LogP contribution is 2.41. The van der Waals surface area contributed by atoms with Crippen LogP contribution < -0.4 is 20.7 Å². The number of methoxy groups -OCH3 is 2. The molecule has 13 heteroatoms. The van der Waals surface area contributed by atoms with E-state index in [4.69, 9.17) is 37.7 Å². The van der Waals surface area contributed by atoms with Crippen molar-refractivity contribution in [2.24, 2.45) is 5.92 Å². The van der Waals surface area contributed by atoms with E-state index in [1.807, 2.05) is 18.2 Å². The molecule has 10 nitrogen and oxygen atoms in total. The Hall–Kier alpha value is -3.87. The van der Waals surface area contributed by atoms with Crippen LogP contribution in [0.4, 0.5) is 15.9 Å². The summed E-state index contributed by atoms with van der Waals surface area (Å²) >= 11 is 13.8. The van der Waals surface area contributed by atoms with Crippen molar-refractivity contribution in [1.82, 2.24) is 30.5 Å². The van der Waals surface area contributed by atoms with Crippen molar-refractivity contribution in [3.05, 3.63) is 81.8 Å². The van der Waals surface area contributed by atoms with Crippen molar-refractivity contribution >= 4 is 40.6 Å². The Bertz CT molecular complexity index is 1760. The number of carbonyl (C=O) groups excluding carboxylic acids is 1. The summed E-state index contributed by atoms with van der Waals surface area (Å²) in [6, 6.07) is 12.8. The molecule has 47 heavy (non-hydrogen) atoms. The van der Waals surface area contributed by atoms with E-state index >= 15 is 4.39 Å². The highest BCUT2D eigenvalue weighted by atomic mass is 35.5. The highest BCUT2D eigenvalue weighted by Gasteiger charge is 2.28. The van der Waals surface area contributed by atoms with Crippen molar-refractivity contribution in [3.63, 3.8) is 0 Å². The quantitative estimate of drug-likeness (QED) is 0.160. The Morgan fingerprint density at radius 1 is 1.02 bits per heavy atom. The summed E-state index contributed by atoms with van der Waals surface area (Å²) in [6.45, 7) is 4.11. The molecule has 6 rings (SSSR count). The van der Waals surface area contributed by atoms with Gasteiger partial charge in [0.25, 0.3) is 0 Å². The van der Waals surface area contributed by atoms with Crippen molar-refractivity contribution in [2.75, 3.05) is 45.8 Å². The molecule has 1 amide bonds. The number of anilines is 2. The number of hydrogen-bond acceptors (Lipinski definition) is 9. The van der Waals surface area contributed by atoms with E-state index in [2.05, 4.69) is 30.8 Å². The van der Waals surface area contributed by atoms with E-state index in [1.165, 1.54) is 0 Å². The molecular formula is C34H36Cl2FN7O3. The van der Waals surface area contributed by atoms with Gasteiger partial charge in [0, 0.05) is 92.9 Å². The van der Waals surface area contributed by atoms with Crippen LogP contribution in [0.25, 0.3) is 22.5 Å². The molecule has 2 saturated heterocycles. The largest absolute Gasteiger partial charge is 0.481 e. The fraction of sp³-hybridized carbons (Fsp3) is 0.353. The molecular weight excluding hydrogens is 644 g/mol. The zero-order valence-corrected chi connectivity index (χ0v) is 27.7. The van der Waals surface area contributed by atoms with Crippen LogP contribution in [0.5, 0.6) is 5.88 Å². The molecule has 2 aliphatic rings. The van der Waals surface area contributed by atoms with Gasteiger partial charge in [-0.3, -0.25) is 14.7 Å². The molecule has 4 aromatic rings. The first-order valence-corrected chi connectivity index (χ1v) is 16.2. The van der Waals surface area contributed by atoms with Gasteiger partial charge in [0.05, 0.1) is 40.8 Å². The Morgan fingerprint density at radius 3 is 2.62 bits per heavy atom. The van der Waals surface area contributed by atoms with E-state index in [0.717, 1.165) is 25.1 Å². The van der Waals surface area contributed by atoms with Crippen molar-refractivity contribution in [1.29, 1.82) is 0 Å². The number of nitrogens with one attached hydrogen (secondary N) is 3. The maximum atomic E-state index is 15.5. The number of rotatable bonds is 13. The average molecular weight is 681 g/mol. The topological polar surface area (TPSA) is 114 Å². The molecule has 1 aromatic carbocycles. The van der Waals surface area contributed by atoms with Crippen LogP contribution in [0.15, 0.2) is 54.9 Å². The molecule has 246 valence electrons. The number of halogens is 3. The standard InChI is InChI=1S/C34H36Cl2FN7O3/c1-46-19-20-16-44(17-20)18-22-10-12-40-33(31(22)37)42-27-5-3-4-25(29(27)35)32-30(36)24(11-13-39-32)26-8-6-21(34(43-26)47-2)14-38-15-23-7-9-28(45)41-23/h3-6,8,10-13,20,23,38H,7,9,14-19H2,1-2H3,(H,40,42)(H,41,45). The molecule has 3 aromatic heterocycles. The molecule has 0 aliphatic carbocycles. The summed E-state index contributed by atoms with van der Waals surface area (Å²) in [5.74, 6) is 0.684. The second-order valence-electron chi connectivity index (χ2n) is 11.8. The normalized spacial score (nSPS) is 16.6. The molecule has 0 spiro atoms. The van der Waals surface area contributed by atoms with Gasteiger partial charge in [0.1, 0.15) is 0 Å². The van der Waals surface area contributed by atoms with E-state index in [9.17, 15) is 4.79 Å². The van der Waals surface area contributed by atoms with Crippen LogP contribution in [0.2, 0.25) is 10.0 Å². The zero-order chi connectivity index (χ0) is 32.9. The molecule has 2 fully saturated rings. The van der Waals surface area contributed by atoms with E-state index in [1.54, 1.807) is 50.9 Å². The lowest BCUT2D eigenvalue weighted by molar-refractivity contribution is -0.119.